The molecule has 3 rings (SSSR count). The van der Waals surface area contributed by atoms with Gasteiger partial charge in [0.2, 0.25) is 5.91 Å². The van der Waals surface area contributed by atoms with Gasteiger partial charge in [0.15, 0.2) is 6.04 Å². The summed E-state index contributed by atoms with van der Waals surface area (Å²) in [5, 5.41) is 7.20. The topological polar surface area (TPSA) is 61.4 Å². The van der Waals surface area contributed by atoms with Crippen LogP contribution in [-0.2, 0) is 22.3 Å². The van der Waals surface area contributed by atoms with Gasteiger partial charge in [0.05, 0.1) is 5.56 Å². The number of amides is 2. The van der Waals surface area contributed by atoms with Crippen molar-refractivity contribution >= 4 is 28.8 Å². The van der Waals surface area contributed by atoms with E-state index in [2.05, 4.69) is 22.6 Å². The average Bonchev–Trinajstić information content (AvgIpc) is 3.35. The van der Waals surface area contributed by atoms with Crippen LogP contribution in [0.4, 0.5) is 18.9 Å². The van der Waals surface area contributed by atoms with Crippen molar-refractivity contribution in [2.24, 2.45) is 0 Å². The molecule has 2 amide bonds. The minimum atomic E-state index is -4.62. The highest BCUT2D eigenvalue weighted by Crippen LogP contribution is 2.35. The molecule has 0 saturated carbocycles. The Morgan fingerprint density at radius 2 is 1.82 bits per heavy atom. The number of carbonyl (C=O) groups is 2. The third kappa shape index (κ3) is 6.39. The van der Waals surface area contributed by atoms with Crippen LogP contribution < -0.4 is 15.5 Å². The molecule has 1 aromatic heterocycles. The minimum Gasteiger partial charge on any atom is -0.350 e. The van der Waals surface area contributed by atoms with E-state index in [1.807, 2.05) is 30.3 Å². The van der Waals surface area contributed by atoms with Crippen LogP contribution >= 0.6 is 11.3 Å². The number of halogens is 3. The number of thiophene rings is 1. The van der Waals surface area contributed by atoms with Crippen LogP contribution in [0.3, 0.4) is 0 Å². The van der Waals surface area contributed by atoms with Gasteiger partial charge >= 0.3 is 12.1 Å². The zero-order chi connectivity index (χ0) is 24.6. The zero-order valence-corrected chi connectivity index (χ0v) is 19.0. The van der Waals surface area contributed by atoms with Gasteiger partial charge in [-0.1, -0.05) is 42.5 Å². The molecule has 9 heteroatoms. The molecular weight excluding hydrogens is 463 g/mol. The summed E-state index contributed by atoms with van der Waals surface area (Å²) >= 11 is 1.22. The average molecular weight is 486 g/mol. The van der Waals surface area contributed by atoms with E-state index in [4.69, 9.17) is 0 Å². The molecule has 0 radical (unpaired) electrons. The zero-order valence-electron chi connectivity index (χ0n) is 18.2. The second-order valence-electron chi connectivity index (χ2n) is 7.12. The number of alkyl halides is 3. The van der Waals surface area contributed by atoms with E-state index in [0.717, 1.165) is 22.6 Å². The number of hydrogen-bond acceptors (Lipinski definition) is 4. The summed E-state index contributed by atoms with van der Waals surface area (Å²) in [5.74, 6) is 1.03. The summed E-state index contributed by atoms with van der Waals surface area (Å²) in [7, 11) is 0. The molecule has 2 aromatic carbocycles. The van der Waals surface area contributed by atoms with E-state index in [1.165, 1.54) is 23.5 Å². The van der Waals surface area contributed by atoms with E-state index in [-0.39, 0.29) is 12.2 Å². The quantitative estimate of drug-likeness (QED) is 0.376. The van der Waals surface area contributed by atoms with Gasteiger partial charge in [-0.3, -0.25) is 14.5 Å². The number of benzene rings is 2. The Hall–Kier alpha value is -3.77. The molecule has 1 unspecified atom stereocenters. The maximum Gasteiger partial charge on any atom is 0.416 e. The van der Waals surface area contributed by atoms with E-state index < -0.39 is 29.6 Å². The largest absolute Gasteiger partial charge is 0.416 e. The van der Waals surface area contributed by atoms with Crippen LogP contribution in [0.25, 0.3) is 0 Å². The van der Waals surface area contributed by atoms with Crippen molar-refractivity contribution in [3.8, 4) is 12.0 Å². The number of nitrogens with one attached hydrogen (secondary N) is 2. The van der Waals surface area contributed by atoms with Crippen LogP contribution in [0.2, 0.25) is 0 Å². The first-order valence-electron chi connectivity index (χ1n) is 10.4. The summed E-state index contributed by atoms with van der Waals surface area (Å²) in [5.41, 5.74) is -0.180. The van der Waals surface area contributed by atoms with Crippen molar-refractivity contribution in [1.82, 2.24) is 10.6 Å². The van der Waals surface area contributed by atoms with E-state index >= 15 is 0 Å². The van der Waals surface area contributed by atoms with Crippen LogP contribution in [0.5, 0.6) is 0 Å². The first kappa shape index (κ1) is 24.9. The second-order valence-corrected chi connectivity index (χ2v) is 8.10. The Morgan fingerprint density at radius 1 is 1.06 bits per heavy atom. The maximum atomic E-state index is 13.4. The Labute approximate surface area is 199 Å². The molecule has 34 heavy (non-hydrogen) atoms. The SMILES string of the molecule is CCNC#CC(=O)N(c1cccc(C(F)(F)F)c1)C(C(=O)NCc1ccccc1)c1cccs1. The standard InChI is InChI=1S/C25H22F3N3O2S/c1-2-29-14-13-22(32)31(20-11-6-10-19(16-20)25(26,27)28)23(21-12-7-15-34-21)24(33)30-17-18-8-4-3-5-9-18/h3-12,15-16,23,29H,2,17H2,1H3,(H,30,33). The van der Waals surface area contributed by atoms with Crippen LogP contribution in [0, 0.1) is 12.0 Å². The molecule has 176 valence electrons. The third-order valence-corrected chi connectivity index (χ3v) is 5.66. The Kier molecular flexibility index (Phi) is 8.33. The smallest absolute Gasteiger partial charge is 0.350 e. The predicted molar refractivity (Wildman–Crippen MR) is 126 cm³/mol. The van der Waals surface area contributed by atoms with Crippen LogP contribution in [0.15, 0.2) is 72.1 Å². The van der Waals surface area contributed by atoms with Crippen LogP contribution in [-0.4, -0.2) is 18.4 Å². The van der Waals surface area contributed by atoms with Crippen molar-refractivity contribution in [3.63, 3.8) is 0 Å². The summed E-state index contributed by atoms with van der Waals surface area (Å²) < 4.78 is 40.2. The molecular formula is C25H22F3N3O2S. The van der Waals surface area contributed by atoms with Crippen molar-refractivity contribution in [2.45, 2.75) is 25.7 Å². The van der Waals surface area contributed by atoms with Gasteiger partial charge in [-0.2, -0.15) is 13.2 Å². The Morgan fingerprint density at radius 3 is 2.47 bits per heavy atom. The predicted octanol–water partition coefficient (Wildman–Crippen LogP) is 4.73. The number of rotatable bonds is 7. The second kappa shape index (κ2) is 11.4. The molecule has 0 bridgehead atoms. The van der Waals surface area contributed by atoms with Gasteiger partial charge < -0.3 is 10.6 Å². The highest BCUT2D eigenvalue weighted by Gasteiger charge is 2.35. The number of hydrogen-bond donors (Lipinski definition) is 2. The maximum absolute atomic E-state index is 13.4. The molecule has 0 saturated heterocycles. The fourth-order valence-electron chi connectivity index (χ4n) is 3.16. The van der Waals surface area contributed by atoms with E-state index in [0.29, 0.717) is 11.4 Å². The summed E-state index contributed by atoms with van der Waals surface area (Å²) in [4.78, 5) is 28.0. The molecule has 0 aliphatic heterocycles. The van der Waals surface area contributed by atoms with Crippen LogP contribution in [0.1, 0.15) is 29.0 Å². The van der Waals surface area contributed by atoms with Crippen molar-refractivity contribution < 1.29 is 22.8 Å². The van der Waals surface area contributed by atoms with Gasteiger partial charge in [-0.15, -0.1) is 11.3 Å². The number of carbonyl (C=O) groups excluding carboxylic acids is 2. The molecule has 0 aliphatic carbocycles. The van der Waals surface area contributed by atoms with Crippen molar-refractivity contribution in [1.29, 1.82) is 0 Å². The molecule has 2 N–H and O–H groups in total. The highest BCUT2D eigenvalue weighted by molar-refractivity contribution is 7.10. The molecule has 3 aromatic rings. The third-order valence-electron chi connectivity index (χ3n) is 4.73. The summed E-state index contributed by atoms with van der Waals surface area (Å²) in [6, 6.07) is 18.1. The van der Waals surface area contributed by atoms with Gasteiger partial charge in [-0.25, -0.2) is 0 Å². The molecule has 5 nitrogen and oxygen atoms in total. The lowest BCUT2D eigenvalue weighted by Crippen LogP contribution is -2.43. The minimum absolute atomic E-state index is 0.0844. The monoisotopic (exact) mass is 485 g/mol. The van der Waals surface area contributed by atoms with E-state index in [1.54, 1.807) is 24.4 Å². The van der Waals surface area contributed by atoms with Gasteiger partial charge in [0, 0.05) is 35.6 Å². The first-order chi connectivity index (χ1) is 16.3. The number of nitrogens with zero attached hydrogens (tertiary/aromatic N) is 1. The van der Waals surface area contributed by atoms with Gasteiger partial charge in [-0.05, 0) is 42.1 Å². The lowest BCUT2D eigenvalue weighted by Gasteiger charge is -2.29. The molecule has 0 fully saturated rings. The molecule has 0 aliphatic rings. The first-order valence-corrected chi connectivity index (χ1v) is 11.3. The Balaban J connectivity index is 2.04. The molecule has 1 heterocycles. The van der Waals surface area contributed by atoms with Gasteiger partial charge in [0.25, 0.3) is 0 Å². The van der Waals surface area contributed by atoms with Crippen molar-refractivity contribution in [3.05, 3.63) is 88.1 Å². The lowest BCUT2D eigenvalue weighted by molar-refractivity contribution is -0.137. The molecule has 1 atom stereocenters. The summed E-state index contributed by atoms with van der Waals surface area (Å²) in [6.45, 7) is 2.44. The highest BCUT2D eigenvalue weighted by atomic mass is 32.1. The normalized spacial score (nSPS) is 11.6. The fourth-order valence-corrected chi connectivity index (χ4v) is 3.98. The van der Waals surface area contributed by atoms with Crippen molar-refractivity contribution in [2.75, 3.05) is 11.4 Å². The van der Waals surface area contributed by atoms with E-state index in [9.17, 15) is 22.8 Å². The number of anilines is 1. The summed E-state index contributed by atoms with van der Waals surface area (Å²) in [6.07, 6.45) is -4.62. The fraction of sp³-hybridized carbons (Fsp3) is 0.200. The molecule has 0 spiro atoms. The Bertz CT molecular complexity index is 1170. The van der Waals surface area contributed by atoms with Gasteiger partial charge in [0.1, 0.15) is 0 Å². The lowest BCUT2D eigenvalue weighted by atomic mass is 10.1.